The van der Waals surface area contributed by atoms with Crippen molar-refractivity contribution in [3.63, 3.8) is 0 Å². The molecule has 0 spiro atoms. The van der Waals surface area contributed by atoms with Crippen LogP contribution in [-0.4, -0.2) is 6.54 Å². The molecular formula is C8H17N. The zero-order chi connectivity index (χ0) is 7.70. The molecule has 0 aromatic heterocycles. The van der Waals surface area contributed by atoms with Gasteiger partial charge in [0.1, 0.15) is 0 Å². The van der Waals surface area contributed by atoms with Crippen LogP contribution >= 0.6 is 0 Å². The maximum atomic E-state index is 4.91. The van der Waals surface area contributed by atoms with Gasteiger partial charge in [0, 0.05) is 6.54 Å². The normalized spacial score (nSPS) is 6.67. The molecule has 1 nitrogen and oxygen atoms in total. The molecular weight excluding hydrogens is 110 g/mol. The maximum Gasteiger partial charge on any atom is 0.0104 e. The molecule has 0 aromatic carbocycles. The van der Waals surface area contributed by atoms with E-state index < -0.39 is 0 Å². The Balaban J connectivity index is 0. The van der Waals surface area contributed by atoms with Crippen LogP contribution in [0.15, 0.2) is 24.3 Å². The minimum absolute atomic E-state index is 0.583. The van der Waals surface area contributed by atoms with Crippen LogP contribution in [0.5, 0.6) is 0 Å². The molecule has 0 saturated heterocycles. The molecule has 0 rings (SSSR count). The lowest BCUT2D eigenvalue weighted by Crippen LogP contribution is -1.90. The molecule has 54 valence electrons. The predicted octanol–water partition coefficient (Wildman–Crippen LogP) is 2.10. The fourth-order valence-corrected chi connectivity index (χ4v) is 0. The molecule has 0 unspecified atom stereocenters. The minimum Gasteiger partial charge on any atom is -0.327 e. The summed E-state index contributed by atoms with van der Waals surface area (Å²) in [6.45, 7) is 10.1. The van der Waals surface area contributed by atoms with Gasteiger partial charge >= 0.3 is 0 Å². The molecule has 0 amide bonds. The Kier molecular flexibility index (Phi) is 13.1. The van der Waals surface area contributed by atoms with Gasteiger partial charge in [0.25, 0.3) is 0 Å². The lowest BCUT2D eigenvalue weighted by molar-refractivity contribution is 1.26. The lowest BCUT2D eigenvalue weighted by atomic mass is 10.3. The van der Waals surface area contributed by atoms with Gasteiger partial charge in [-0.2, -0.15) is 0 Å². The van der Waals surface area contributed by atoms with Crippen molar-refractivity contribution in [3.8, 4) is 0 Å². The Bertz CT molecular complexity index is 78.6. The first kappa shape index (κ1) is 11.3. The van der Waals surface area contributed by atoms with Gasteiger partial charge in [-0.15, -0.1) is 6.58 Å². The van der Waals surface area contributed by atoms with Gasteiger partial charge in [-0.1, -0.05) is 17.7 Å². The molecule has 0 aliphatic heterocycles. The van der Waals surface area contributed by atoms with Crippen molar-refractivity contribution in [1.29, 1.82) is 0 Å². The summed E-state index contributed by atoms with van der Waals surface area (Å²) in [4.78, 5) is 0. The standard InChI is InChI=1S/C5H10.C3H7N/c1-4-5(2)3;1-2-3-4/h4H,1-3H3;2H,1,3-4H2. The first-order valence-electron chi connectivity index (χ1n) is 3.09. The summed E-state index contributed by atoms with van der Waals surface area (Å²) >= 11 is 0. The highest BCUT2D eigenvalue weighted by Gasteiger charge is 1.60. The maximum absolute atomic E-state index is 4.91. The average Bonchev–Trinajstić information content (AvgIpc) is 1.89. The van der Waals surface area contributed by atoms with Gasteiger partial charge in [-0.3, -0.25) is 0 Å². The van der Waals surface area contributed by atoms with Gasteiger partial charge in [0.2, 0.25) is 0 Å². The van der Waals surface area contributed by atoms with E-state index in [1.54, 1.807) is 6.08 Å². The number of nitrogens with two attached hydrogens (primary N) is 1. The van der Waals surface area contributed by atoms with Crippen molar-refractivity contribution in [3.05, 3.63) is 24.3 Å². The van der Waals surface area contributed by atoms with Crippen LogP contribution in [0.1, 0.15) is 20.8 Å². The van der Waals surface area contributed by atoms with E-state index in [9.17, 15) is 0 Å². The lowest BCUT2D eigenvalue weighted by Gasteiger charge is -1.74. The summed E-state index contributed by atoms with van der Waals surface area (Å²) in [5, 5.41) is 0. The van der Waals surface area contributed by atoms with E-state index in [-0.39, 0.29) is 0 Å². The van der Waals surface area contributed by atoms with Gasteiger partial charge in [-0.05, 0) is 20.8 Å². The molecule has 1 heteroatoms. The third-order valence-corrected chi connectivity index (χ3v) is 0.744. The van der Waals surface area contributed by atoms with Crippen molar-refractivity contribution >= 4 is 0 Å². The van der Waals surface area contributed by atoms with E-state index in [0.29, 0.717) is 6.54 Å². The van der Waals surface area contributed by atoms with E-state index >= 15 is 0 Å². The Labute approximate surface area is 58.3 Å². The largest absolute Gasteiger partial charge is 0.327 e. The van der Waals surface area contributed by atoms with E-state index in [1.165, 1.54) is 5.57 Å². The second-order valence-electron chi connectivity index (χ2n) is 1.89. The molecule has 9 heavy (non-hydrogen) atoms. The quantitative estimate of drug-likeness (QED) is 0.536. The summed E-state index contributed by atoms with van der Waals surface area (Å²) < 4.78 is 0. The smallest absolute Gasteiger partial charge is 0.0104 e. The Morgan fingerprint density at radius 2 is 1.78 bits per heavy atom. The molecule has 0 atom stereocenters. The molecule has 0 fully saturated rings. The summed E-state index contributed by atoms with van der Waals surface area (Å²) in [6.07, 6.45) is 3.74. The van der Waals surface area contributed by atoms with Crippen molar-refractivity contribution in [2.45, 2.75) is 20.8 Å². The van der Waals surface area contributed by atoms with E-state index in [4.69, 9.17) is 5.73 Å². The summed E-state index contributed by atoms with van der Waals surface area (Å²) in [5.74, 6) is 0. The molecule has 0 aromatic rings. The molecule has 2 N–H and O–H groups in total. The summed E-state index contributed by atoms with van der Waals surface area (Å²) in [6, 6.07) is 0. The predicted molar refractivity (Wildman–Crippen MR) is 44.4 cm³/mol. The Hall–Kier alpha value is -0.560. The average molecular weight is 127 g/mol. The zero-order valence-corrected chi connectivity index (χ0v) is 6.65. The van der Waals surface area contributed by atoms with Crippen molar-refractivity contribution in [2.75, 3.05) is 6.54 Å². The van der Waals surface area contributed by atoms with Crippen LogP contribution < -0.4 is 5.73 Å². The number of hydrogen-bond donors (Lipinski definition) is 1. The van der Waals surface area contributed by atoms with E-state index in [2.05, 4.69) is 26.5 Å². The van der Waals surface area contributed by atoms with Crippen molar-refractivity contribution in [2.24, 2.45) is 5.73 Å². The van der Waals surface area contributed by atoms with Gasteiger partial charge in [-0.25, -0.2) is 0 Å². The summed E-state index contributed by atoms with van der Waals surface area (Å²) in [7, 11) is 0. The van der Waals surface area contributed by atoms with Crippen LogP contribution in [0.2, 0.25) is 0 Å². The first-order valence-corrected chi connectivity index (χ1v) is 3.09. The van der Waals surface area contributed by atoms with Crippen LogP contribution in [-0.2, 0) is 0 Å². The van der Waals surface area contributed by atoms with Gasteiger partial charge in [0.15, 0.2) is 0 Å². The molecule has 0 aliphatic rings. The third kappa shape index (κ3) is 37.0. The second kappa shape index (κ2) is 10.4. The number of rotatable bonds is 1. The molecule has 0 aliphatic carbocycles. The van der Waals surface area contributed by atoms with Crippen molar-refractivity contribution in [1.82, 2.24) is 0 Å². The second-order valence-corrected chi connectivity index (χ2v) is 1.89. The highest BCUT2D eigenvalue weighted by atomic mass is 14.5. The molecule has 0 bridgehead atoms. The van der Waals surface area contributed by atoms with Crippen LogP contribution in [0.4, 0.5) is 0 Å². The van der Waals surface area contributed by atoms with Gasteiger partial charge < -0.3 is 5.73 Å². The minimum atomic E-state index is 0.583. The third-order valence-electron chi connectivity index (χ3n) is 0.744. The van der Waals surface area contributed by atoms with Crippen molar-refractivity contribution < 1.29 is 0 Å². The Morgan fingerprint density at radius 3 is 1.78 bits per heavy atom. The zero-order valence-electron chi connectivity index (χ0n) is 6.65. The van der Waals surface area contributed by atoms with Crippen LogP contribution in [0.3, 0.4) is 0 Å². The fourth-order valence-electron chi connectivity index (χ4n) is 0. The SMILES string of the molecule is C=CCN.CC=C(C)C. The highest BCUT2D eigenvalue weighted by molar-refractivity contribution is 4.88. The van der Waals surface area contributed by atoms with E-state index in [0.717, 1.165) is 0 Å². The number of allylic oxidation sites excluding steroid dienone is 2. The molecule has 0 saturated carbocycles. The topological polar surface area (TPSA) is 26.0 Å². The first-order chi connectivity index (χ1) is 4.18. The van der Waals surface area contributed by atoms with Gasteiger partial charge in [0.05, 0.1) is 0 Å². The monoisotopic (exact) mass is 127 g/mol. The number of hydrogen-bond acceptors (Lipinski definition) is 1. The molecule has 0 heterocycles. The van der Waals surface area contributed by atoms with Crippen LogP contribution in [0, 0.1) is 0 Å². The highest BCUT2D eigenvalue weighted by Crippen LogP contribution is 1.82. The Morgan fingerprint density at radius 1 is 1.56 bits per heavy atom. The molecule has 0 radical (unpaired) electrons. The summed E-state index contributed by atoms with van der Waals surface area (Å²) in [5.41, 5.74) is 6.29. The fraction of sp³-hybridized carbons (Fsp3) is 0.500. The van der Waals surface area contributed by atoms with Crippen LogP contribution in [0.25, 0.3) is 0 Å². The van der Waals surface area contributed by atoms with E-state index in [1.807, 2.05) is 6.92 Å².